The van der Waals surface area contributed by atoms with Gasteiger partial charge in [0.1, 0.15) is 17.6 Å². The summed E-state index contributed by atoms with van der Waals surface area (Å²) in [5.74, 6) is 2.12. The van der Waals surface area contributed by atoms with Crippen molar-refractivity contribution in [2.45, 2.75) is 38.8 Å². The molecule has 0 bridgehead atoms. The highest BCUT2D eigenvalue weighted by atomic mass is 16.5. The average Bonchev–Trinajstić information content (AvgIpc) is 3.23. The molecule has 0 aliphatic carbocycles. The van der Waals surface area contributed by atoms with E-state index < -0.39 is 0 Å². The zero-order chi connectivity index (χ0) is 16.5. The van der Waals surface area contributed by atoms with Crippen molar-refractivity contribution in [3.63, 3.8) is 0 Å². The summed E-state index contributed by atoms with van der Waals surface area (Å²) < 4.78 is 7.19. The molecule has 1 amide bonds. The Morgan fingerprint density at radius 2 is 2.17 bits per heavy atom. The Hall–Kier alpha value is -2.15. The maximum Gasteiger partial charge on any atom is 0.245 e. The molecule has 0 aromatic carbocycles. The van der Waals surface area contributed by atoms with Crippen LogP contribution >= 0.6 is 0 Å². The SMILES string of the molecule is Cc1cc(CN2CCN(C(=O)C3CCCc4nccn43)CC2)no1. The van der Waals surface area contributed by atoms with Gasteiger partial charge < -0.3 is 14.0 Å². The highest BCUT2D eigenvalue weighted by Gasteiger charge is 2.31. The molecule has 1 fully saturated rings. The molecule has 7 nitrogen and oxygen atoms in total. The van der Waals surface area contributed by atoms with Crippen molar-refractivity contribution in [2.75, 3.05) is 26.2 Å². The first-order valence-electron chi connectivity index (χ1n) is 8.66. The van der Waals surface area contributed by atoms with Gasteiger partial charge in [0, 0.05) is 57.6 Å². The Kier molecular flexibility index (Phi) is 4.10. The number of amides is 1. The fraction of sp³-hybridized carbons (Fsp3) is 0.588. The highest BCUT2D eigenvalue weighted by molar-refractivity contribution is 5.80. The summed E-state index contributed by atoms with van der Waals surface area (Å²) in [5, 5.41) is 4.05. The number of rotatable bonds is 3. The first-order valence-corrected chi connectivity index (χ1v) is 8.66. The zero-order valence-electron chi connectivity index (χ0n) is 14.0. The van der Waals surface area contributed by atoms with Crippen LogP contribution in [0.25, 0.3) is 0 Å². The number of imidazole rings is 1. The molecule has 24 heavy (non-hydrogen) atoms. The third kappa shape index (κ3) is 2.96. The molecule has 1 saturated heterocycles. The lowest BCUT2D eigenvalue weighted by Gasteiger charge is -2.37. The van der Waals surface area contributed by atoms with Gasteiger partial charge in [0.05, 0.1) is 5.69 Å². The first kappa shape index (κ1) is 15.4. The Morgan fingerprint density at radius 1 is 1.33 bits per heavy atom. The topological polar surface area (TPSA) is 67.4 Å². The third-order valence-corrected chi connectivity index (χ3v) is 4.99. The van der Waals surface area contributed by atoms with Gasteiger partial charge in [0.15, 0.2) is 0 Å². The smallest absolute Gasteiger partial charge is 0.245 e. The maximum atomic E-state index is 12.9. The van der Waals surface area contributed by atoms with E-state index in [0.717, 1.165) is 69.3 Å². The van der Waals surface area contributed by atoms with Gasteiger partial charge in [-0.3, -0.25) is 9.69 Å². The standard InChI is InChI=1S/C17H23N5O2/c1-13-11-14(19-24-13)12-20-7-9-21(10-8-20)17(23)15-3-2-4-16-18-5-6-22(15)16/h5-6,11,15H,2-4,7-10,12H2,1H3. The van der Waals surface area contributed by atoms with E-state index in [9.17, 15) is 4.79 Å². The van der Waals surface area contributed by atoms with Crippen LogP contribution in [-0.4, -0.2) is 56.6 Å². The molecule has 2 aromatic rings. The van der Waals surface area contributed by atoms with Crippen LogP contribution in [0.2, 0.25) is 0 Å². The van der Waals surface area contributed by atoms with E-state index in [1.165, 1.54) is 0 Å². The lowest BCUT2D eigenvalue weighted by atomic mass is 10.0. The third-order valence-electron chi connectivity index (χ3n) is 4.99. The number of nitrogens with zero attached hydrogens (tertiary/aromatic N) is 5. The Balaban J connectivity index is 1.35. The molecule has 0 N–H and O–H groups in total. The van der Waals surface area contributed by atoms with E-state index in [0.29, 0.717) is 0 Å². The molecule has 128 valence electrons. The molecule has 4 heterocycles. The molecule has 1 unspecified atom stereocenters. The predicted molar refractivity (Wildman–Crippen MR) is 87.3 cm³/mol. The Labute approximate surface area is 141 Å². The molecule has 7 heteroatoms. The van der Waals surface area contributed by atoms with Gasteiger partial charge in [-0.2, -0.15) is 0 Å². The molecule has 0 spiro atoms. The lowest BCUT2D eigenvalue weighted by Crippen LogP contribution is -2.50. The largest absolute Gasteiger partial charge is 0.361 e. The van der Waals surface area contributed by atoms with E-state index in [1.807, 2.05) is 24.1 Å². The van der Waals surface area contributed by atoms with E-state index >= 15 is 0 Å². The van der Waals surface area contributed by atoms with Crippen LogP contribution < -0.4 is 0 Å². The number of piperazine rings is 1. The highest BCUT2D eigenvalue weighted by Crippen LogP contribution is 2.26. The van der Waals surface area contributed by atoms with Crippen molar-refractivity contribution < 1.29 is 9.32 Å². The number of fused-ring (bicyclic) bond motifs is 1. The normalized spacial score (nSPS) is 21.7. The second-order valence-corrected chi connectivity index (χ2v) is 6.69. The summed E-state index contributed by atoms with van der Waals surface area (Å²) in [7, 11) is 0. The second-order valence-electron chi connectivity index (χ2n) is 6.69. The van der Waals surface area contributed by atoms with Crippen LogP contribution in [0.3, 0.4) is 0 Å². The minimum atomic E-state index is -0.0685. The molecule has 1 atom stereocenters. The van der Waals surface area contributed by atoms with Crippen LogP contribution in [-0.2, 0) is 17.8 Å². The van der Waals surface area contributed by atoms with Crippen molar-refractivity contribution in [1.29, 1.82) is 0 Å². The molecule has 0 saturated carbocycles. The number of hydrogen-bond donors (Lipinski definition) is 0. The number of carbonyl (C=O) groups excluding carboxylic acids is 1. The van der Waals surface area contributed by atoms with Crippen LogP contribution in [0.1, 0.15) is 36.2 Å². The van der Waals surface area contributed by atoms with Crippen molar-refractivity contribution in [3.8, 4) is 0 Å². The van der Waals surface area contributed by atoms with E-state index in [2.05, 4.69) is 19.6 Å². The van der Waals surface area contributed by atoms with Crippen molar-refractivity contribution in [3.05, 3.63) is 35.7 Å². The van der Waals surface area contributed by atoms with Crippen molar-refractivity contribution >= 4 is 5.91 Å². The minimum absolute atomic E-state index is 0.0685. The summed E-state index contributed by atoms with van der Waals surface area (Å²) in [4.78, 5) is 21.6. The van der Waals surface area contributed by atoms with Crippen LogP contribution in [0.4, 0.5) is 0 Å². The first-order chi connectivity index (χ1) is 11.7. The van der Waals surface area contributed by atoms with Crippen molar-refractivity contribution in [2.24, 2.45) is 0 Å². The summed E-state index contributed by atoms with van der Waals surface area (Å²) in [6.45, 7) is 5.99. The van der Waals surface area contributed by atoms with Gasteiger partial charge in [-0.15, -0.1) is 0 Å². The van der Waals surface area contributed by atoms with Crippen molar-refractivity contribution in [1.82, 2.24) is 24.5 Å². The van der Waals surface area contributed by atoms with Gasteiger partial charge in [0.25, 0.3) is 0 Å². The molecular weight excluding hydrogens is 306 g/mol. The zero-order valence-corrected chi connectivity index (χ0v) is 14.0. The second kappa shape index (κ2) is 6.39. The monoisotopic (exact) mass is 329 g/mol. The number of aryl methyl sites for hydroxylation is 2. The molecule has 0 radical (unpaired) electrons. The van der Waals surface area contributed by atoms with Gasteiger partial charge in [-0.1, -0.05) is 5.16 Å². The van der Waals surface area contributed by atoms with Crippen LogP contribution in [0.5, 0.6) is 0 Å². The molecule has 2 aliphatic heterocycles. The van der Waals surface area contributed by atoms with Gasteiger partial charge in [0.2, 0.25) is 5.91 Å². The lowest BCUT2D eigenvalue weighted by molar-refractivity contribution is -0.137. The molecule has 4 rings (SSSR count). The summed E-state index contributed by atoms with van der Waals surface area (Å²) in [6, 6.07) is 1.90. The van der Waals surface area contributed by atoms with Gasteiger partial charge in [-0.05, 0) is 19.8 Å². The molecule has 2 aromatic heterocycles. The van der Waals surface area contributed by atoms with E-state index in [4.69, 9.17) is 4.52 Å². The fourth-order valence-corrected chi connectivity index (χ4v) is 3.72. The summed E-state index contributed by atoms with van der Waals surface area (Å²) in [6.07, 6.45) is 6.68. The minimum Gasteiger partial charge on any atom is -0.361 e. The Morgan fingerprint density at radius 3 is 2.92 bits per heavy atom. The quantitative estimate of drug-likeness (QED) is 0.851. The Bertz CT molecular complexity index is 714. The van der Waals surface area contributed by atoms with E-state index in [-0.39, 0.29) is 11.9 Å². The number of hydrogen-bond acceptors (Lipinski definition) is 5. The maximum absolute atomic E-state index is 12.9. The van der Waals surface area contributed by atoms with Gasteiger partial charge in [-0.25, -0.2) is 4.98 Å². The number of carbonyl (C=O) groups is 1. The van der Waals surface area contributed by atoms with Crippen LogP contribution in [0.15, 0.2) is 23.0 Å². The summed E-state index contributed by atoms with van der Waals surface area (Å²) in [5.41, 5.74) is 0.961. The fourth-order valence-electron chi connectivity index (χ4n) is 3.72. The molecular formula is C17H23N5O2. The molecule has 2 aliphatic rings. The van der Waals surface area contributed by atoms with E-state index in [1.54, 1.807) is 6.20 Å². The number of aromatic nitrogens is 3. The average molecular weight is 329 g/mol. The van der Waals surface area contributed by atoms with Crippen LogP contribution in [0, 0.1) is 6.92 Å². The predicted octanol–water partition coefficient (Wildman–Crippen LogP) is 1.40. The van der Waals surface area contributed by atoms with Gasteiger partial charge >= 0.3 is 0 Å². The summed E-state index contributed by atoms with van der Waals surface area (Å²) >= 11 is 0.